The lowest BCUT2D eigenvalue weighted by Gasteiger charge is -2.12. The molecule has 0 saturated carbocycles. The third kappa shape index (κ3) is 4.46. The monoisotopic (exact) mass is 403 g/mol. The quantitative estimate of drug-likeness (QED) is 0.815. The molecule has 2 aromatic carbocycles. The van der Waals surface area contributed by atoms with Gasteiger partial charge in [-0.25, -0.2) is 5.43 Å². The molecule has 2 N–H and O–H groups in total. The number of anilines is 1. The molecule has 2 amide bonds. The summed E-state index contributed by atoms with van der Waals surface area (Å²) in [6, 6.07) is 15.7. The molecule has 3 rings (SSSR count). The molecule has 0 unspecified atom stereocenters. The van der Waals surface area contributed by atoms with Crippen molar-refractivity contribution in [1.29, 1.82) is 0 Å². The van der Waals surface area contributed by atoms with E-state index in [1.165, 1.54) is 0 Å². The standard InChI is InChI=1S/C17H14BrN3O2S/c18-11-1-5-13(6-2-11)24-14-7-3-12(4-8-14)19-17(23)15-9-10-16(22)21-20-15/h1-8H,9-10H2,(H,19,23)(H,21,22). The van der Waals surface area contributed by atoms with E-state index in [2.05, 4.69) is 31.8 Å². The molecule has 1 heterocycles. The van der Waals surface area contributed by atoms with Crippen molar-refractivity contribution < 1.29 is 9.59 Å². The molecule has 24 heavy (non-hydrogen) atoms. The van der Waals surface area contributed by atoms with Crippen LogP contribution in [0, 0.1) is 0 Å². The Balaban J connectivity index is 1.61. The van der Waals surface area contributed by atoms with Crippen LogP contribution >= 0.6 is 27.7 Å². The maximum absolute atomic E-state index is 12.1. The van der Waals surface area contributed by atoms with E-state index in [1.54, 1.807) is 11.8 Å². The van der Waals surface area contributed by atoms with E-state index >= 15 is 0 Å². The molecule has 0 radical (unpaired) electrons. The number of halogens is 1. The van der Waals surface area contributed by atoms with Crippen LogP contribution in [0.3, 0.4) is 0 Å². The smallest absolute Gasteiger partial charge is 0.271 e. The van der Waals surface area contributed by atoms with Crippen molar-refractivity contribution in [3.8, 4) is 0 Å². The lowest BCUT2D eigenvalue weighted by atomic mass is 10.1. The zero-order chi connectivity index (χ0) is 16.9. The number of hydrazone groups is 1. The van der Waals surface area contributed by atoms with E-state index in [1.807, 2.05) is 48.5 Å². The summed E-state index contributed by atoms with van der Waals surface area (Å²) < 4.78 is 1.05. The fourth-order valence-corrected chi connectivity index (χ4v) is 3.17. The highest BCUT2D eigenvalue weighted by atomic mass is 79.9. The van der Waals surface area contributed by atoms with Crippen molar-refractivity contribution in [2.45, 2.75) is 22.6 Å². The molecule has 0 fully saturated rings. The van der Waals surface area contributed by atoms with E-state index in [9.17, 15) is 9.59 Å². The van der Waals surface area contributed by atoms with Gasteiger partial charge in [0.05, 0.1) is 0 Å². The third-order valence-electron chi connectivity index (χ3n) is 3.33. The Hall–Kier alpha value is -2.12. The molecule has 0 atom stereocenters. The number of hydrogen-bond acceptors (Lipinski definition) is 4. The molecule has 5 nitrogen and oxygen atoms in total. The predicted octanol–water partition coefficient (Wildman–Crippen LogP) is 3.80. The van der Waals surface area contributed by atoms with Gasteiger partial charge in [0, 0.05) is 32.8 Å². The molecule has 0 aliphatic carbocycles. The van der Waals surface area contributed by atoms with Gasteiger partial charge >= 0.3 is 0 Å². The Labute approximate surface area is 152 Å². The maximum Gasteiger partial charge on any atom is 0.271 e. The summed E-state index contributed by atoms with van der Waals surface area (Å²) in [6.07, 6.45) is 0.643. The van der Waals surface area contributed by atoms with Crippen molar-refractivity contribution in [2.75, 3.05) is 5.32 Å². The summed E-state index contributed by atoms with van der Waals surface area (Å²) in [7, 11) is 0. The van der Waals surface area contributed by atoms with Gasteiger partial charge in [-0.2, -0.15) is 5.10 Å². The second-order valence-electron chi connectivity index (χ2n) is 5.13. The average Bonchev–Trinajstić information content (AvgIpc) is 2.59. The summed E-state index contributed by atoms with van der Waals surface area (Å²) in [6.45, 7) is 0. The van der Waals surface area contributed by atoms with E-state index in [-0.39, 0.29) is 18.2 Å². The lowest BCUT2D eigenvalue weighted by molar-refractivity contribution is -0.121. The minimum absolute atomic E-state index is 0.166. The fourth-order valence-electron chi connectivity index (χ4n) is 2.09. The number of rotatable bonds is 4. The Bertz CT molecular complexity index is 788. The summed E-state index contributed by atoms with van der Waals surface area (Å²) in [5, 5.41) is 6.57. The zero-order valence-electron chi connectivity index (χ0n) is 12.6. The lowest BCUT2D eigenvalue weighted by Crippen LogP contribution is -2.32. The van der Waals surface area contributed by atoms with Crippen molar-refractivity contribution in [2.24, 2.45) is 5.10 Å². The van der Waals surface area contributed by atoms with Crippen LogP contribution in [0.2, 0.25) is 0 Å². The number of amides is 2. The van der Waals surface area contributed by atoms with Gasteiger partial charge in [0.2, 0.25) is 5.91 Å². The van der Waals surface area contributed by atoms with Crippen LogP contribution in [0.5, 0.6) is 0 Å². The average molecular weight is 404 g/mol. The van der Waals surface area contributed by atoms with Gasteiger partial charge in [0.15, 0.2) is 0 Å². The summed E-state index contributed by atoms with van der Waals surface area (Å²) >= 11 is 5.06. The third-order valence-corrected chi connectivity index (χ3v) is 4.87. The first-order valence-corrected chi connectivity index (χ1v) is 8.91. The summed E-state index contributed by atoms with van der Waals surface area (Å²) in [4.78, 5) is 25.3. The van der Waals surface area contributed by atoms with Crippen molar-refractivity contribution in [3.05, 3.63) is 53.0 Å². The van der Waals surface area contributed by atoms with Gasteiger partial charge in [-0.3, -0.25) is 9.59 Å². The number of carbonyl (C=O) groups is 2. The molecular formula is C17H14BrN3O2S. The van der Waals surface area contributed by atoms with Crippen LogP contribution in [0.25, 0.3) is 0 Å². The van der Waals surface area contributed by atoms with Crippen LogP contribution in [0.1, 0.15) is 12.8 Å². The number of hydrogen-bond donors (Lipinski definition) is 2. The number of nitrogens with zero attached hydrogens (tertiary/aromatic N) is 1. The Morgan fingerprint density at radius 2 is 1.67 bits per heavy atom. The molecule has 1 aliphatic heterocycles. The Kier molecular flexibility index (Phi) is 5.32. The van der Waals surface area contributed by atoms with E-state index in [0.29, 0.717) is 17.8 Å². The Morgan fingerprint density at radius 3 is 2.25 bits per heavy atom. The highest BCUT2D eigenvalue weighted by Crippen LogP contribution is 2.29. The minimum Gasteiger partial charge on any atom is -0.321 e. The number of nitrogens with one attached hydrogen (secondary N) is 2. The van der Waals surface area contributed by atoms with E-state index < -0.39 is 0 Å². The molecule has 7 heteroatoms. The number of benzene rings is 2. The molecule has 0 bridgehead atoms. The highest BCUT2D eigenvalue weighted by molar-refractivity contribution is 9.10. The molecule has 0 saturated heterocycles. The first-order valence-electron chi connectivity index (χ1n) is 7.30. The molecule has 0 aromatic heterocycles. The van der Waals surface area contributed by atoms with Gasteiger partial charge in [-0.1, -0.05) is 27.7 Å². The van der Waals surface area contributed by atoms with Crippen LogP contribution in [0.15, 0.2) is 67.9 Å². The van der Waals surface area contributed by atoms with Crippen molar-refractivity contribution in [3.63, 3.8) is 0 Å². The van der Waals surface area contributed by atoms with Gasteiger partial charge < -0.3 is 5.32 Å². The molecule has 1 aliphatic rings. The van der Waals surface area contributed by atoms with Crippen LogP contribution in [0.4, 0.5) is 5.69 Å². The second kappa shape index (κ2) is 7.63. The van der Waals surface area contributed by atoms with E-state index in [0.717, 1.165) is 14.3 Å². The minimum atomic E-state index is -0.289. The van der Waals surface area contributed by atoms with Gasteiger partial charge in [0.25, 0.3) is 5.91 Å². The normalized spacial score (nSPS) is 13.9. The van der Waals surface area contributed by atoms with E-state index in [4.69, 9.17) is 0 Å². The van der Waals surface area contributed by atoms with Crippen LogP contribution in [-0.4, -0.2) is 17.5 Å². The highest BCUT2D eigenvalue weighted by Gasteiger charge is 2.18. The fraction of sp³-hybridized carbons (Fsp3) is 0.118. The number of carbonyl (C=O) groups excluding carboxylic acids is 2. The van der Waals surface area contributed by atoms with Crippen LogP contribution in [-0.2, 0) is 9.59 Å². The largest absolute Gasteiger partial charge is 0.321 e. The van der Waals surface area contributed by atoms with Gasteiger partial charge in [0.1, 0.15) is 5.71 Å². The summed E-state index contributed by atoms with van der Waals surface area (Å²) in [5.74, 6) is -0.454. The van der Waals surface area contributed by atoms with Gasteiger partial charge in [-0.15, -0.1) is 0 Å². The van der Waals surface area contributed by atoms with Crippen LogP contribution < -0.4 is 10.7 Å². The zero-order valence-corrected chi connectivity index (χ0v) is 15.0. The SMILES string of the molecule is O=C1CCC(C(=O)Nc2ccc(Sc3ccc(Br)cc3)cc2)=NN1. The Morgan fingerprint density at radius 1 is 1.04 bits per heavy atom. The summed E-state index contributed by atoms with van der Waals surface area (Å²) in [5.41, 5.74) is 3.35. The van der Waals surface area contributed by atoms with Crippen molar-refractivity contribution >= 4 is 50.9 Å². The molecule has 0 spiro atoms. The topological polar surface area (TPSA) is 70.6 Å². The maximum atomic E-state index is 12.1. The first-order chi connectivity index (χ1) is 11.6. The molecule has 122 valence electrons. The van der Waals surface area contributed by atoms with Gasteiger partial charge in [-0.05, 0) is 48.5 Å². The first kappa shape index (κ1) is 16.7. The second-order valence-corrected chi connectivity index (χ2v) is 7.19. The molecule has 2 aromatic rings. The predicted molar refractivity (Wildman–Crippen MR) is 98.1 cm³/mol. The van der Waals surface area contributed by atoms with Crippen molar-refractivity contribution in [1.82, 2.24) is 5.43 Å². The molecular weight excluding hydrogens is 390 g/mol.